The van der Waals surface area contributed by atoms with Gasteiger partial charge in [-0.25, -0.2) is 17.5 Å². The molecule has 0 radical (unpaired) electrons. The van der Waals surface area contributed by atoms with Crippen molar-refractivity contribution >= 4 is 10.0 Å². The van der Waals surface area contributed by atoms with Crippen LogP contribution >= 0.6 is 0 Å². The van der Waals surface area contributed by atoms with Gasteiger partial charge in [-0.2, -0.15) is 5.10 Å². The van der Waals surface area contributed by atoms with Crippen LogP contribution in [0.25, 0.3) is 0 Å². The Morgan fingerprint density at radius 3 is 2.90 bits per heavy atom. The number of sulfonamides is 1. The first-order valence-electron chi connectivity index (χ1n) is 6.42. The minimum absolute atomic E-state index is 0.0296. The fraction of sp³-hybridized carbons (Fsp3) is 0.308. The van der Waals surface area contributed by atoms with Crippen LogP contribution in [0.2, 0.25) is 0 Å². The van der Waals surface area contributed by atoms with Gasteiger partial charge in [0.1, 0.15) is 10.7 Å². The summed E-state index contributed by atoms with van der Waals surface area (Å²) in [7, 11) is -1.84. The molecule has 2 rings (SSSR count). The Balaban J connectivity index is 2.02. The van der Waals surface area contributed by atoms with Gasteiger partial charge >= 0.3 is 0 Å². The zero-order valence-electron chi connectivity index (χ0n) is 11.6. The molecular weight excluding hydrogens is 295 g/mol. The monoisotopic (exact) mass is 312 g/mol. The van der Waals surface area contributed by atoms with Gasteiger partial charge in [-0.05, 0) is 24.7 Å². The van der Waals surface area contributed by atoms with E-state index in [1.54, 1.807) is 10.7 Å². The van der Waals surface area contributed by atoms with Gasteiger partial charge in [0.25, 0.3) is 0 Å². The van der Waals surface area contributed by atoms with Crippen LogP contribution in [0.15, 0.2) is 41.6 Å². The topological polar surface area (TPSA) is 76.0 Å². The SMILES string of the molecule is CNCCn1cc(S(=O)(=O)NCc2cccc(F)c2)cn1. The number of likely N-dealkylation sites (N-methyl/N-ethyl adjacent to an activating group) is 1. The van der Waals surface area contributed by atoms with Gasteiger partial charge in [0.2, 0.25) is 10.0 Å². The van der Waals surface area contributed by atoms with E-state index in [9.17, 15) is 12.8 Å². The van der Waals surface area contributed by atoms with Gasteiger partial charge in [-0.3, -0.25) is 4.68 Å². The number of hydrogen-bond donors (Lipinski definition) is 2. The fourth-order valence-electron chi connectivity index (χ4n) is 1.74. The number of nitrogens with one attached hydrogen (secondary N) is 2. The molecule has 0 fully saturated rings. The van der Waals surface area contributed by atoms with Crippen LogP contribution in [0.1, 0.15) is 5.56 Å². The Labute approximate surface area is 123 Å². The van der Waals surface area contributed by atoms with Gasteiger partial charge in [-0.15, -0.1) is 0 Å². The van der Waals surface area contributed by atoms with Crippen molar-refractivity contribution in [3.63, 3.8) is 0 Å². The molecule has 114 valence electrons. The molecule has 0 unspecified atom stereocenters. The lowest BCUT2D eigenvalue weighted by Crippen LogP contribution is -2.23. The van der Waals surface area contributed by atoms with E-state index in [1.165, 1.54) is 30.6 Å². The van der Waals surface area contributed by atoms with E-state index in [0.29, 0.717) is 18.7 Å². The zero-order chi connectivity index (χ0) is 15.3. The van der Waals surface area contributed by atoms with Crippen molar-refractivity contribution in [2.45, 2.75) is 18.0 Å². The smallest absolute Gasteiger partial charge is 0.243 e. The van der Waals surface area contributed by atoms with E-state index < -0.39 is 15.8 Å². The second-order valence-electron chi connectivity index (χ2n) is 4.50. The molecule has 21 heavy (non-hydrogen) atoms. The van der Waals surface area contributed by atoms with Crippen LogP contribution in [0, 0.1) is 5.82 Å². The molecule has 0 saturated carbocycles. The Hall–Kier alpha value is -1.77. The van der Waals surface area contributed by atoms with Gasteiger partial charge in [0, 0.05) is 19.3 Å². The standard InChI is InChI=1S/C13H17FN4O2S/c1-15-5-6-18-10-13(9-16-18)21(19,20)17-8-11-3-2-4-12(14)7-11/h2-4,7,9-10,15,17H,5-6,8H2,1H3. The van der Waals surface area contributed by atoms with Crippen molar-refractivity contribution < 1.29 is 12.8 Å². The van der Waals surface area contributed by atoms with Gasteiger partial charge in [-0.1, -0.05) is 12.1 Å². The molecule has 0 saturated heterocycles. The van der Waals surface area contributed by atoms with Crippen molar-refractivity contribution in [3.05, 3.63) is 48.0 Å². The summed E-state index contributed by atoms with van der Waals surface area (Å²) < 4.78 is 41.2. The fourth-order valence-corrected chi connectivity index (χ4v) is 2.71. The molecule has 8 heteroatoms. The first-order valence-corrected chi connectivity index (χ1v) is 7.91. The molecule has 6 nitrogen and oxygen atoms in total. The second kappa shape index (κ2) is 6.79. The van der Waals surface area contributed by atoms with Crippen LogP contribution in [0.5, 0.6) is 0 Å². The van der Waals surface area contributed by atoms with Crippen LogP contribution in [0.3, 0.4) is 0 Å². The lowest BCUT2D eigenvalue weighted by molar-refractivity contribution is 0.575. The van der Waals surface area contributed by atoms with Gasteiger partial charge in [0.05, 0.1) is 12.7 Å². The van der Waals surface area contributed by atoms with Crippen molar-refractivity contribution in [3.8, 4) is 0 Å². The third-order valence-electron chi connectivity index (χ3n) is 2.87. The molecule has 0 amide bonds. The van der Waals surface area contributed by atoms with Gasteiger partial charge < -0.3 is 5.32 Å². The molecule has 0 aliphatic heterocycles. The number of nitrogens with zero attached hydrogens (tertiary/aromatic N) is 2. The summed E-state index contributed by atoms with van der Waals surface area (Å²) >= 11 is 0. The minimum Gasteiger partial charge on any atom is -0.318 e. The average molecular weight is 312 g/mol. The lowest BCUT2D eigenvalue weighted by atomic mass is 10.2. The zero-order valence-corrected chi connectivity index (χ0v) is 12.4. The van der Waals surface area contributed by atoms with E-state index in [1.807, 2.05) is 7.05 Å². The van der Waals surface area contributed by atoms with E-state index >= 15 is 0 Å². The van der Waals surface area contributed by atoms with Crippen LogP contribution in [0.4, 0.5) is 4.39 Å². The highest BCUT2D eigenvalue weighted by Crippen LogP contribution is 2.09. The minimum atomic E-state index is -3.65. The lowest BCUT2D eigenvalue weighted by Gasteiger charge is -2.05. The summed E-state index contributed by atoms with van der Waals surface area (Å²) in [6, 6.07) is 5.79. The number of rotatable bonds is 7. The third kappa shape index (κ3) is 4.35. The van der Waals surface area contributed by atoms with Crippen LogP contribution in [-0.4, -0.2) is 31.8 Å². The molecule has 1 aromatic carbocycles. The predicted molar refractivity (Wildman–Crippen MR) is 76.6 cm³/mol. The van der Waals surface area contributed by atoms with Crippen molar-refractivity contribution in [1.82, 2.24) is 19.8 Å². The maximum absolute atomic E-state index is 13.0. The molecular formula is C13H17FN4O2S. The second-order valence-corrected chi connectivity index (χ2v) is 6.26. The predicted octanol–water partition coefficient (Wildman–Crippen LogP) is 0.720. The largest absolute Gasteiger partial charge is 0.318 e. The highest BCUT2D eigenvalue weighted by molar-refractivity contribution is 7.89. The first-order chi connectivity index (χ1) is 10.0. The van der Waals surface area contributed by atoms with Gasteiger partial charge in [0.15, 0.2) is 0 Å². The van der Waals surface area contributed by atoms with E-state index in [-0.39, 0.29) is 11.4 Å². The van der Waals surface area contributed by atoms with Crippen molar-refractivity contribution in [2.75, 3.05) is 13.6 Å². The third-order valence-corrected chi connectivity index (χ3v) is 4.22. The molecule has 0 bridgehead atoms. The summed E-state index contributed by atoms with van der Waals surface area (Å²) in [5, 5.41) is 6.94. The summed E-state index contributed by atoms with van der Waals surface area (Å²) in [5.41, 5.74) is 0.557. The first kappa shape index (κ1) is 15.6. The van der Waals surface area contributed by atoms with Crippen molar-refractivity contribution in [2.24, 2.45) is 0 Å². The number of benzene rings is 1. The number of halogens is 1. The van der Waals surface area contributed by atoms with Crippen LogP contribution in [-0.2, 0) is 23.1 Å². The maximum atomic E-state index is 13.0. The number of hydrogen-bond acceptors (Lipinski definition) is 4. The Morgan fingerprint density at radius 1 is 1.38 bits per heavy atom. The quantitative estimate of drug-likeness (QED) is 0.790. The Bertz CT molecular complexity index is 700. The average Bonchev–Trinajstić information content (AvgIpc) is 2.93. The van der Waals surface area contributed by atoms with E-state index in [0.717, 1.165) is 0 Å². The molecule has 2 aromatic rings. The Kier molecular flexibility index (Phi) is 5.05. The molecule has 1 aromatic heterocycles. The highest BCUT2D eigenvalue weighted by atomic mass is 32.2. The van der Waals surface area contributed by atoms with E-state index in [2.05, 4.69) is 15.1 Å². The molecule has 0 atom stereocenters. The Morgan fingerprint density at radius 2 is 2.19 bits per heavy atom. The highest BCUT2D eigenvalue weighted by Gasteiger charge is 2.16. The van der Waals surface area contributed by atoms with E-state index in [4.69, 9.17) is 0 Å². The van der Waals surface area contributed by atoms with Crippen LogP contribution < -0.4 is 10.0 Å². The summed E-state index contributed by atoms with van der Waals surface area (Å²) in [6.07, 6.45) is 2.76. The molecule has 2 N–H and O–H groups in total. The normalized spacial score (nSPS) is 11.7. The maximum Gasteiger partial charge on any atom is 0.243 e. The molecule has 0 aliphatic carbocycles. The number of aromatic nitrogens is 2. The summed E-state index contributed by atoms with van der Waals surface area (Å²) in [5.74, 6) is -0.397. The molecule has 0 spiro atoms. The molecule has 0 aliphatic rings. The molecule has 1 heterocycles. The summed E-state index contributed by atoms with van der Waals surface area (Å²) in [4.78, 5) is 0.0926. The van der Waals surface area contributed by atoms with Crippen molar-refractivity contribution in [1.29, 1.82) is 0 Å². The summed E-state index contributed by atoms with van der Waals surface area (Å²) in [6.45, 7) is 1.30.